The lowest BCUT2D eigenvalue weighted by atomic mass is 10.1. The van der Waals surface area contributed by atoms with Crippen LogP contribution in [0.5, 0.6) is 11.5 Å². The summed E-state index contributed by atoms with van der Waals surface area (Å²) in [5, 5.41) is 9.05. The van der Waals surface area contributed by atoms with Crippen molar-refractivity contribution >= 4 is 11.7 Å². The fraction of sp³-hybridized carbons (Fsp3) is 0.125. The highest BCUT2D eigenvalue weighted by Crippen LogP contribution is 2.30. The quantitative estimate of drug-likeness (QED) is 0.690. The molecule has 0 amide bonds. The number of para-hydroxylation sites is 1. The molecule has 0 aliphatic carbocycles. The number of nitrogen functional groups attached to an aromatic ring is 1. The number of esters is 1. The van der Waals surface area contributed by atoms with E-state index in [2.05, 4.69) is 0 Å². The summed E-state index contributed by atoms with van der Waals surface area (Å²) in [5.74, 6) is 0.305. The highest BCUT2D eigenvalue weighted by molar-refractivity contribution is 5.96. The molecule has 2 aromatic rings. The molecule has 0 saturated heterocycles. The van der Waals surface area contributed by atoms with Gasteiger partial charge in [0.2, 0.25) is 0 Å². The van der Waals surface area contributed by atoms with Gasteiger partial charge in [-0.2, -0.15) is 5.26 Å². The number of carbonyl (C=O) groups is 1. The van der Waals surface area contributed by atoms with Crippen molar-refractivity contribution in [3.8, 4) is 17.6 Å². The molecule has 0 heterocycles. The van der Waals surface area contributed by atoms with E-state index in [0.717, 1.165) is 0 Å². The largest absolute Gasteiger partial charge is 0.465 e. The number of rotatable bonds is 3. The van der Waals surface area contributed by atoms with Crippen molar-refractivity contribution in [3.05, 3.63) is 53.1 Å². The summed E-state index contributed by atoms with van der Waals surface area (Å²) in [7, 11) is 1.29. The Balaban J connectivity index is 2.44. The number of anilines is 1. The summed E-state index contributed by atoms with van der Waals surface area (Å²) in [5.41, 5.74) is 7.56. The molecule has 0 radical (unpaired) electrons. The predicted octanol–water partition coefficient (Wildman–Crippen LogP) is 3.03. The Morgan fingerprint density at radius 3 is 2.67 bits per heavy atom. The van der Waals surface area contributed by atoms with Gasteiger partial charge in [0.05, 0.1) is 18.2 Å². The number of hydrogen-bond acceptors (Lipinski definition) is 5. The number of hydrogen-bond donors (Lipinski definition) is 1. The lowest BCUT2D eigenvalue weighted by Crippen LogP contribution is -2.07. The van der Waals surface area contributed by atoms with Crippen LogP contribution in [0.1, 0.15) is 21.5 Å². The Morgan fingerprint density at radius 1 is 1.29 bits per heavy atom. The third kappa shape index (κ3) is 2.95. The number of carbonyl (C=O) groups excluding carboxylic acids is 1. The molecule has 5 heteroatoms. The van der Waals surface area contributed by atoms with E-state index >= 15 is 0 Å². The fourth-order valence-corrected chi connectivity index (χ4v) is 1.88. The number of nitrogens with two attached hydrogens (primary N) is 1. The Labute approximate surface area is 122 Å². The fourth-order valence-electron chi connectivity index (χ4n) is 1.88. The zero-order valence-electron chi connectivity index (χ0n) is 11.7. The molecule has 0 bridgehead atoms. The first-order chi connectivity index (χ1) is 10.1. The molecule has 21 heavy (non-hydrogen) atoms. The van der Waals surface area contributed by atoms with Crippen LogP contribution in [0.3, 0.4) is 0 Å². The maximum Gasteiger partial charge on any atom is 0.340 e. The predicted molar refractivity (Wildman–Crippen MR) is 78.2 cm³/mol. The van der Waals surface area contributed by atoms with Gasteiger partial charge in [-0.15, -0.1) is 0 Å². The molecule has 106 valence electrons. The maximum atomic E-state index is 11.7. The van der Waals surface area contributed by atoms with Crippen LogP contribution in [0.15, 0.2) is 36.4 Å². The van der Waals surface area contributed by atoms with Crippen molar-refractivity contribution in [1.82, 2.24) is 0 Å². The normalized spacial score (nSPS) is 9.76. The van der Waals surface area contributed by atoms with E-state index in [1.807, 2.05) is 6.07 Å². The molecular formula is C16H14N2O3. The maximum absolute atomic E-state index is 11.7. The average Bonchev–Trinajstić information content (AvgIpc) is 2.50. The van der Waals surface area contributed by atoms with Crippen LogP contribution in [0.4, 0.5) is 5.69 Å². The Morgan fingerprint density at radius 2 is 2.00 bits per heavy atom. The van der Waals surface area contributed by atoms with Gasteiger partial charge in [0.15, 0.2) is 0 Å². The molecule has 2 aromatic carbocycles. The summed E-state index contributed by atoms with van der Waals surface area (Å²) < 4.78 is 10.4. The number of nitrogens with zero attached hydrogens (tertiary/aromatic N) is 1. The first-order valence-corrected chi connectivity index (χ1v) is 6.22. The average molecular weight is 282 g/mol. The van der Waals surface area contributed by atoms with Crippen LogP contribution < -0.4 is 10.5 Å². The molecule has 0 aliphatic rings. The summed E-state index contributed by atoms with van der Waals surface area (Å²) in [4.78, 5) is 11.7. The molecule has 2 N–H and O–H groups in total. The third-order valence-corrected chi connectivity index (χ3v) is 3.00. The second kappa shape index (κ2) is 5.97. The topological polar surface area (TPSA) is 85.3 Å². The van der Waals surface area contributed by atoms with Gasteiger partial charge in [-0.1, -0.05) is 12.1 Å². The van der Waals surface area contributed by atoms with Crippen LogP contribution in [0.25, 0.3) is 0 Å². The lowest BCUT2D eigenvalue weighted by Gasteiger charge is -2.12. The number of methoxy groups -OCH3 is 1. The smallest absolute Gasteiger partial charge is 0.340 e. The minimum atomic E-state index is -0.533. The summed E-state index contributed by atoms with van der Waals surface area (Å²) in [6.45, 7) is 1.77. The molecule has 2 rings (SSSR count). The van der Waals surface area contributed by atoms with Gasteiger partial charge < -0.3 is 15.2 Å². The molecule has 0 aliphatic heterocycles. The van der Waals surface area contributed by atoms with E-state index in [1.165, 1.54) is 13.2 Å². The number of ether oxygens (including phenoxy) is 2. The van der Waals surface area contributed by atoms with Gasteiger partial charge in [0, 0.05) is 5.69 Å². The third-order valence-electron chi connectivity index (χ3n) is 3.00. The van der Waals surface area contributed by atoms with Crippen LogP contribution in [0, 0.1) is 18.3 Å². The number of benzene rings is 2. The Hall–Kier alpha value is -3.00. The van der Waals surface area contributed by atoms with Gasteiger partial charge in [-0.3, -0.25) is 0 Å². The van der Waals surface area contributed by atoms with E-state index in [-0.39, 0.29) is 5.56 Å². The van der Waals surface area contributed by atoms with Gasteiger partial charge in [-0.25, -0.2) is 4.79 Å². The molecule has 0 atom stereocenters. The highest BCUT2D eigenvalue weighted by Gasteiger charge is 2.15. The van der Waals surface area contributed by atoms with Crippen molar-refractivity contribution in [1.29, 1.82) is 5.26 Å². The van der Waals surface area contributed by atoms with E-state index in [0.29, 0.717) is 28.3 Å². The van der Waals surface area contributed by atoms with Crippen molar-refractivity contribution in [3.63, 3.8) is 0 Å². The van der Waals surface area contributed by atoms with Crippen molar-refractivity contribution < 1.29 is 14.3 Å². The molecular weight excluding hydrogens is 268 g/mol. The zero-order valence-corrected chi connectivity index (χ0v) is 11.7. The van der Waals surface area contributed by atoms with Gasteiger partial charge in [-0.05, 0) is 36.8 Å². The summed E-state index contributed by atoms with van der Waals surface area (Å²) in [6.07, 6.45) is 0. The van der Waals surface area contributed by atoms with E-state index in [4.69, 9.17) is 20.5 Å². The van der Waals surface area contributed by atoms with Gasteiger partial charge >= 0.3 is 5.97 Å². The molecule has 0 unspecified atom stereocenters. The van der Waals surface area contributed by atoms with Crippen LogP contribution >= 0.6 is 0 Å². The van der Waals surface area contributed by atoms with Gasteiger partial charge in [0.1, 0.15) is 17.6 Å². The van der Waals surface area contributed by atoms with Gasteiger partial charge in [0.25, 0.3) is 0 Å². The summed E-state index contributed by atoms with van der Waals surface area (Å²) >= 11 is 0. The van der Waals surface area contributed by atoms with Crippen molar-refractivity contribution in [2.45, 2.75) is 6.92 Å². The highest BCUT2D eigenvalue weighted by atomic mass is 16.5. The molecule has 5 nitrogen and oxygen atoms in total. The first kappa shape index (κ1) is 14.4. The monoisotopic (exact) mass is 282 g/mol. The number of aryl methyl sites for hydroxylation is 1. The SMILES string of the molecule is COC(=O)c1cc(Oc2ccccc2C#N)cc(C)c1N. The van der Waals surface area contributed by atoms with E-state index in [1.54, 1.807) is 37.3 Å². The van der Waals surface area contributed by atoms with Crippen molar-refractivity contribution in [2.75, 3.05) is 12.8 Å². The second-order valence-corrected chi connectivity index (χ2v) is 4.40. The standard InChI is InChI=1S/C16H14N2O3/c1-10-7-12(8-13(15(10)18)16(19)20-2)21-14-6-4-3-5-11(14)9-17/h3-8H,18H2,1-2H3. The molecule has 0 saturated carbocycles. The van der Waals surface area contributed by atoms with Crippen LogP contribution in [-0.2, 0) is 4.74 Å². The molecule has 0 spiro atoms. The second-order valence-electron chi connectivity index (χ2n) is 4.40. The number of nitriles is 1. The Bertz CT molecular complexity index is 733. The minimum absolute atomic E-state index is 0.238. The molecule has 0 fully saturated rings. The van der Waals surface area contributed by atoms with E-state index < -0.39 is 5.97 Å². The minimum Gasteiger partial charge on any atom is -0.465 e. The summed E-state index contributed by atoms with van der Waals surface area (Å²) in [6, 6.07) is 12.1. The lowest BCUT2D eigenvalue weighted by molar-refractivity contribution is 0.0601. The van der Waals surface area contributed by atoms with Crippen LogP contribution in [-0.4, -0.2) is 13.1 Å². The van der Waals surface area contributed by atoms with Crippen LogP contribution in [0.2, 0.25) is 0 Å². The molecule has 0 aromatic heterocycles. The van der Waals surface area contributed by atoms with Crippen molar-refractivity contribution in [2.24, 2.45) is 0 Å². The van der Waals surface area contributed by atoms with E-state index in [9.17, 15) is 4.79 Å². The first-order valence-electron chi connectivity index (χ1n) is 6.22. The zero-order chi connectivity index (χ0) is 15.4. The Kier molecular flexibility index (Phi) is 4.10.